The Morgan fingerprint density at radius 1 is 1.22 bits per heavy atom. The van der Waals surface area contributed by atoms with E-state index < -0.39 is 12.0 Å². The highest BCUT2D eigenvalue weighted by Crippen LogP contribution is 2.35. The van der Waals surface area contributed by atoms with Crippen LogP contribution in [0.2, 0.25) is 0 Å². The van der Waals surface area contributed by atoms with E-state index in [1.807, 2.05) is 4.90 Å². The van der Waals surface area contributed by atoms with E-state index in [4.69, 9.17) is 11.6 Å². The van der Waals surface area contributed by atoms with Crippen LogP contribution in [0.25, 0.3) is 10.2 Å². The van der Waals surface area contributed by atoms with Gasteiger partial charge in [0.2, 0.25) is 5.82 Å². The molecule has 1 aliphatic rings. The molecule has 0 aliphatic carbocycles. The largest absolute Gasteiger partial charge is 0.451 e. The van der Waals surface area contributed by atoms with Crippen LogP contribution in [-0.2, 0) is 31.6 Å². The topological polar surface area (TPSA) is 59.7 Å². The molecule has 0 amide bonds. The van der Waals surface area contributed by atoms with Gasteiger partial charge in [-0.15, -0.1) is 33.1 Å². The van der Waals surface area contributed by atoms with Crippen molar-refractivity contribution in [2.75, 3.05) is 11.4 Å². The van der Waals surface area contributed by atoms with Crippen LogP contribution in [0.5, 0.6) is 0 Å². The first kappa shape index (κ1) is 18.4. The number of thiophene rings is 1. The summed E-state index contributed by atoms with van der Waals surface area (Å²) in [5, 5.41) is 7.98. The molecular formula is C16H16ClF3N6S. The van der Waals surface area contributed by atoms with Gasteiger partial charge in [0.05, 0.1) is 17.8 Å². The van der Waals surface area contributed by atoms with Crippen molar-refractivity contribution in [3.63, 3.8) is 0 Å². The number of hydrogen-bond donors (Lipinski definition) is 0. The molecule has 4 rings (SSSR count). The van der Waals surface area contributed by atoms with Crippen molar-refractivity contribution in [3.8, 4) is 0 Å². The molecule has 3 aromatic heterocycles. The smallest absolute Gasteiger partial charge is 0.347 e. The van der Waals surface area contributed by atoms with E-state index in [1.165, 1.54) is 4.88 Å². The lowest BCUT2D eigenvalue weighted by Gasteiger charge is -2.29. The maximum Gasteiger partial charge on any atom is 0.451 e. The van der Waals surface area contributed by atoms with Gasteiger partial charge in [-0.3, -0.25) is 0 Å². The molecule has 0 N–H and O–H groups in total. The number of rotatable bonds is 4. The Morgan fingerprint density at radius 2 is 2.04 bits per heavy atom. The lowest BCUT2D eigenvalue weighted by atomic mass is 10.2. The minimum atomic E-state index is -4.51. The summed E-state index contributed by atoms with van der Waals surface area (Å²) in [5.41, 5.74) is 0. The van der Waals surface area contributed by atoms with Gasteiger partial charge < -0.3 is 9.47 Å². The standard InChI is InChI=1S/C16H16ClF3N6S/c1-2-3-9-6-10-13(21-11(7-17)22-14(10)27-9)25-4-5-26-12(8-25)23-24-15(26)16(18,19)20/h6H,2-5,7-8H2,1H3. The van der Waals surface area contributed by atoms with Crippen LogP contribution in [0.4, 0.5) is 19.0 Å². The van der Waals surface area contributed by atoms with Gasteiger partial charge in [0.1, 0.15) is 16.5 Å². The fraction of sp³-hybridized carbons (Fsp3) is 0.500. The molecular weight excluding hydrogens is 401 g/mol. The summed E-state index contributed by atoms with van der Waals surface area (Å²) in [4.78, 5) is 13.0. The molecule has 0 bridgehead atoms. The van der Waals surface area contributed by atoms with Crippen molar-refractivity contribution < 1.29 is 13.2 Å². The molecule has 0 saturated heterocycles. The second-order valence-electron chi connectivity index (χ2n) is 6.29. The number of nitrogens with zero attached hydrogens (tertiary/aromatic N) is 6. The molecule has 1 aliphatic heterocycles. The van der Waals surface area contributed by atoms with Gasteiger partial charge in [0.25, 0.3) is 0 Å². The lowest BCUT2D eigenvalue weighted by molar-refractivity contribution is -0.147. The number of aryl methyl sites for hydroxylation is 1. The first-order valence-electron chi connectivity index (χ1n) is 8.50. The summed E-state index contributed by atoms with van der Waals surface area (Å²) in [6, 6.07) is 2.07. The molecule has 27 heavy (non-hydrogen) atoms. The zero-order chi connectivity index (χ0) is 19.2. The predicted octanol–water partition coefficient (Wildman–Crippen LogP) is 4.01. The van der Waals surface area contributed by atoms with E-state index in [-0.39, 0.29) is 24.8 Å². The van der Waals surface area contributed by atoms with Gasteiger partial charge in [0.15, 0.2) is 5.82 Å². The highest BCUT2D eigenvalue weighted by atomic mass is 35.5. The molecule has 11 heteroatoms. The monoisotopic (exact) mass is 416 g/mol. The molecule has 4 heterocycles. The average Bonchev–Trinajstić information content (AvgIpc) is 3.23. The maximum absolute atomic E-state index is 13.0. The van der Waals surface area contributed by atoms with Crippen LogP contribution in [-0.4, -0.2) is 31.3 Å². The number of alkyl halides is 4. The molecule has 0 atom stereocenters. The third-order valence-corrected chi connectivity index (χ3v) is 5.72. The molecule has 0 aromatic carbocycles. The van der Waals surface area contributed by atoms with Gasteiger partial charge in [-0.05, 0) is 12.5 Å². The van der Waals surface area contributed by atoms with Gasteiger partial charge in [0, 0.05) is 18.0 Å². The Hall–Kier alpha value is -1.94. The van der Waals surface area contributed by atoms with Crippen molar-refractivity contribution in [1.29, 1.82) is 0 Å². The van der Waals surface area contributed by atoms with Crippen LogP contribution in [0.15, 0.2) is 6.07 Å². The third-order valence-electron chi connectivity index (χ3n) is 4.39. The molecule has 0 saturated carbocycles. The SMILES string of the molecule is CCCc1cc2c(N3CCn4c(nnc4C(F)(F)F)C3)nc(CCl)nc2s1. The zero-order valence-electron chi connectivity index (χ0n) is 14.4. The maximum atomic E-state index is 13.0. The first-order chi connectivity index (χ1) is 12.9. The molecule has 144 valence electrons. The zero-order valence-corrected chi connectivity index (χ0v) is 16.0. The van der Waals surface area contributed by atoms with Crippen molar-refractivity contribution in [3.05, 3.63) is 28.4 Å². The molecule has 0 radical (unpaired) electrons. The summed E-state index contributed by atoms with van der Waals surface area (Å²) in [5.74, 6) is 0.694. The van der Waals surface area contributed by atoms with E-state index in [2.05, 4.69) is 33.2 Å². The Bertz CT molecular complexity index is 983. The lowest BCUT2D eigenvalue weighted by Crippen LogP contribution is -2.36. The van der Waals surface area contributed by atoms with E-state index in [0.717, 1.165) is 27.6 Å². The first-order valence-corrected chi connectivity index (χ1v) is 9.85. The van der Waals surface area contributed by atoms with Crippen molar-refractivity contribution in [2.45, 2.75) is 44.9 Å². The second kappa shape index (κ2) is 6.90. The summed E-state index contributed by atoms with van der Waals surface area (Å²) in [7, 11) is 0. The molecule has 0 unspecified atom stereocenters. The normalized spacial score (nSPS) is 14.8. The van der Waals surface area contributed by atoms with Gasteiger partial charge in [-0.25, -0.2) is 9.97 Å². The summed E-state index contributed by atoms with van der Waals surface area (Å²) < 4.78 is 40.3. The molecule has 3 aromatic rings. The number of hydrogen-bond acceptors (Lipinski definition) is 6. The van der Waals surface area contributed by atoms with Gasteiger partial charge in [-0.1, -0.05) is 13.3 Å². The minimum absolute atomic E-state index is 0.144. The minimum Gasteiger partial charge on any atom is -0.347 e. The number of anilines is 1. The van der Waals surface area contributed by atoms with Crippen molar-refractivity contribution >= 4 is 39.0 Å². The molecule has 0 spiro atoms. The van der Waals surface area contributed by atoms with Crippen molar-refractivity contribution in [1.82, 2.24) is 24.7 Å². The van der Waals surface area contributed by atoms with Crippen molar-refractivity contribution in [2.24, 2.45) is 0 Å². The number of aromatic nitrogens is 5. The fourth-order valence-electron chi connectivity index (χ4n) is 3.22. The molecule has 0 fully saturated rings. The quantitative estimate of drug-likeness (QED) is 0.601. The predicted molar refractivity (Wildman–Crippen MR) is 97.0 cm³/mol. The van der Waals surface area contributed by atoms with Gasteiger partial charge in [-0.2, -0.15) is 13.2 Å². The summed E-state index contributed by atoms with van der Waals surface area (Å²) in [6.45, 7) is 2.83. The highest BCUT2D eigenvalue weighted by Gasteiger charge is 2.39. The van der Waals surface area contributed by atoms with Crippen LogP contribution >= 0.6 is 22.9 Å². The summed E-state index contributed by atoms with van der Waals surface area (Å²) in [6.07, 6.45) is -2.55. The Labute approximate surface area is 162 Å². The number of fused-ring (bicyclic) bond motifs is 2. The van der Waals surface area contributed by atoms with Gasteiger partial charge >= 0.3 is 6.18 Å². The Kier molecular flexibility index (Phi) is 4.71. The van der Waals surface area contributed by atoms with Crippen LogP contribution in [0.1, 0.15) is 35.7 Å². The molecule has 6 nitrogen and oxygen atoms in total. The third kappa shape index (κ3) is 3.36. The Morgan fingerprint density at radius 3 is 2.74 bits per heavy atom. The van der Waals surface area contributed by atoms with E-state index in [9.17, 15) is 13.2 Å². The van der Waals surface area contributed by atoms with Crippen LogP contribution in [0, 0.1) is 0 Å². The van der Waals surface area contributed by atoms with E-state index >= 15 is 0 Å². The fourth-order valence-corrected chi connectivity index (χ4v) is 4.48. The second-order valence-corrected chi connectivity index (χ2v) is 7.67. The van der Waals surface area contributed by atoms with Crippen LogP contribution < -0.4 is 4.90 Å². The number of halogens is 4. The highest BCUT2D eigenvalue weighted by molar-refractivity contribution is 7.18. The van der Waals surface area contributed by atoms with E-state index in [0.29, 0.717) is 18.2 Å². The average molecular weight is 417 g/mol. The van der Waals surface area contributed by atoms with E-state index in [1.54, 1.807) is 11.3 Å². The summed E-state index contributed by atoms with van der Waals surface area (Å²) >= 11 is 7.55. The van der Waals surface area contributed by atoms with Crippen LogP contribution in [0.3, 0.4) is 0 Å². The Balaban J connectivity index is 1.73.